The summed E-state index contributed by atoms with van der Waals surface area (Å²) in [5.41, 5.74) is 6.58. The predicted octanol–water partition coefficient (Wildman–Crippen LogP) is 1.83. The zero-order valence-corrected chi connectivity index (χ0v) is 5.16. The molecule has 1 N–H and O–H groups in total. The molecule has 9 heavy (non-hydrogen) atoms. The van der Waals surface area contributed by atoms with Gasteiger partial charge in [-0.25, -0.2) is 5.53 Å². The smallest absolute Gasteiger partial charge is 0.233 e. The van der Waals surface area contributed by atoms with Crippen molar-refractivity contribution in [2.45, 2.75) is 13.0 Å². The molecule has 48 valence electrons. The third kappa shape index (κ3) is 1.38. The van der Waals surface area contributed by atoms with Crippen LogP contribution >= 0.6 is 0 Å². The van der Waals surface area contributed by atoms with Gasteiger partial charge in [0.05, 0.1) is 0 Å². The monoisotopic (exact) mass is 124 g/mol. The van der Waals surface area contributed by atoms with Crippen molar-refractivity contribution in [2.75, 3.05) is 0 Å². The summed E-state index contributed by atoms with van der Waals surface area (Å²) in [6.45, 7) is 1.90. The van der Waals surface area contributed by atoms with Gasteiger partial charge in [0, 0.05) is 6.08 Å². The molecule has 1 rings (SSSR count). The highest BCUT2D eigenvalue weighted by Gasteiger charge is 2.03. The second kappa shape index (κ2) is 2.44. The van der Waals surface area contributed by atoms with Crippen LogP contribution in [0.2, 0.25) is 0 Å². The van der Waals surface area contributed by atoms with E-state index in [-0.39, 0.29) is 6.10 Å². The molecule has 0 aliphatic carbocycles. The molecule has 1 aliphatic heterocycles. The number of hydrogen-bond acceptors (Lipinski definition) is 3. The summed E-state index contributed by atoms with van der Waals surface area (Å²) in [5.74, 6) is 0.380. The second-order valence-corrected chi connectivity index (χ2v) is 1.82. The van der Waals surface area contributed by atoms with Gasteiger partial charge in [0.15, 0.2) is 0 Å². The lowest BCUT2D eigenvalue weighted by atomic mass is 10.3. The number of rotatable bonds is 1. The summed E-state index contributed by atoms with van der Waals surface area (Å²) in [5, 5.41) is 3.14. The molecule has 3 nitrogen and oxygen atoms in total. The minimum absolute atomic E-state index is 0.0547. The summed E-state index contributed by atoms with van der Waals surface area (Å²) in [4.78, 5) is 0. The van der Waals surface area contributed by atoms with Crippen LogP contribution in [0.4, 0.5) is 0 Å². The van der Waals surface area contributed by atoms with E-state index in [1.165, 1.54) is 0 Å². The average Bonchev–Trinajstić information content (AvgIpc) is 1.88. The van der Waals surface area contributed by atoms with Crippen LogP contribution in [-0.2, 0) is 4.74 Å². The number of nitrogens with zero attached hydrogens (tertiary/aromatic N) is 1. The molecule has 1 atom stereocenters. The first-order chi connectivity index (χ1) is 4.33. The molecule has 0 aromatic heterocycles. The summed E-state index contributed by atoms with van der Waals surface area (Å²) < 4.78 is 5.06. The third-order valence-corrected chi connectivity index (χ3v) is 1.04. The van der Waals surface area contributed by atoms with Gasteiger partial charge in [-0.3, -0.25) is 0 Å². The van der Waals surface area contributed by atoms with Gasteiger partial charge in [-0.15, -0.1) is 5.11 Å². The minimum Gasteiger partial charge on any atom is -0.469 e. The molecular formula is C6H8N2O. The SMILES string of the molecule is CC1C=CC=C(N=N)O1. The van der Waals surface area contributed by atoms with Crippen LogP contribution in [0.3, 0.4) is 0 Å². The van der Waals surface area contributed by atoms with E-state index in [9.17, 15) is 0 Å². The topological polar surface area (TPSA) is 45.4 Å². The Balaban J connectivity index is 2.65. The summed E-state index contributed by atoms with van der Waals surface area (Å²) in [7, 11) is 0. The Hall–Kier alpha value is -1.12. The Labute approximate surface area is 53.5 Å². The van der Waals surface area contributed by atoms with Crippen molar-refractivity contribution in [3.63, 3.8) is 0 Å². The fourth-order valence-electron chi connectivity index (χ4n) is 0.627. The average molecular weight is 124 g/mol. The Morgan fingerprint density at radius 2 is 2.56 bits per heavy atom. The van der Waals surface area contributed by atoms with Crippen molar-refractivity contribution < 1.29 is 4.74 Å². The Kier molecular flexibility index (Phi) is 1.63. The van der Waals surface area contributed by atoms with E-state index in [0.717, 1.165) is 0 Å². The van der Waals surface area contributed by atoms with Crippen molar-refractivity contribution in [1.29, 1.82) is 5.53 Å². The first-order valence-electron chi connectivity index (χ1n) is 2.75. The van der Waals surface area contributed by atoms with Crippen LogP contribution in [0.5, 0.6) is 0 Å². The lowest BCUT2D eigenvalue weighted by Gasteiger charge is -2.11. The van der Waals surface area contributed by atoms with Gasteiger partial charge in [-0.05, 0) is 13.0 Å². The van der Waals surface area contributed by atoms with Gasteiger partial charge >= 0.3 is 0 Å². The van der Waals surface area contributed by atoms with Gasteiger partial charge in [0.1, 0.15) is 6.10 Å². The van der Waals surface area contributed by atoms with E-state index in [2.05, 4.69) is 5.11 Å². The number of hydrogen-bond donors (Lipinski definition) is 1. The van der Waals surface area contributed by atoms with E-state index in [0.29, 0.717) is 5.88 Å². The molecule has 0 saturated carbocycles. The van der Waals surface area contributed by atoms with Crippen molar-refractivity contribution in [2.24, 2.45) is 5.11 Å². The molecule has 0 saturated heterocycles. The van der Waals surface area contributed by atoms with E-state index in [4.69, 9.17) is 10.3 Å². The molecule has 1 unspecified atom stereocenters. The van der Waals surface area contributed by atoms with Gasteiger partial charge in [0.2, 0.25) is 5.88 Å². The first-order valence-corrected chi connectivity index (χ1v) is 2.75. The van der Waals surface area contributed by atoms with E-state index >= 15 is 0 Å². The van der Waals surface area contributed by atoms with Crippen molar-refractivity contribution in [1.82, 2.24) is 0 Å². The number of ether oxygens (including phenoxy) is 1. The molecule has 0 fully saturated rings. The standard InChI is InChI=1S/C6H8N2O/c1-5-3-2-4-6(8-7)9-5/h2-5,7H,1H3. The highest BCUT2D eigenvalue weighted by atomic mass is 16.5. The molecule has 3 heteroatoms. The van der Waals surface area contributed by atoms with Gasteiger partial charge in [-0.1, -0.05) is 6.08 Å². The molecule has 0 aromatic carbocycles. The van der Waals surface area contributed by atoms with Gasteiger partial charge in [-0.2, -0.15) is 0 Å². The summed E-state index contributed by atoms with van der Waals surface area (Å²) in [6.07, 6.45) is 5.45. The summed E-state index contributed by atoms with van der Waals surface area (Å²) in [6, 6.07) is 0. The first kappa shape index (κ1) is 6.01. The molecule has 0 spiro atoms. The van der Waals surface area contributed by atoms with Crippen LogP contribution < -0.4 is 0 Å². The van der Waals surface area contributed by atoms with E-state index in [1.54, 1.807) is 6.08 Å². The Morgan fingerprint density at radius 1 is 1.78 bits per heavy atom. The van der Waals surface area contributed by atoms with Gasteiger partial charge < -0.3 is 4.74 Å². The Morgan fingerprint density at radius 3 is 3.00 bits per heavy atom. The van der Waals surface area contributed by atoms with E-state index < -0.39 is 0 Å². The molecule has 0 amide bonds. The maximum atomic E-state index is 6.58. The third-order valence-electron chi connectivity index (χ3n) is 1.04. The zero-order chi connectivity index (χ0) is 6.69. The van der Waals surface area contributed by atoms with Crippen LogP contribution in [-0.4, -0.2) is 6.10 Å². The minimum atomic E-state index is 0.0547. The lowest BCUT2D eigenvalue weighted by molar-refractivity contribution is 0.160. The molecule has 0 aromatic rings. The van der Waals surface area contributed by atoms with Crippen molar-refractivity contribution in [3.8, 4) is 0 Å². The molecule has 1 heterocycles. The van der Waals surface area contributed by atoms with Crippen LogP contribution in [0.15, 0.2) is 29.2 Å². The number of nitrogens with one attached hydrogen (secondary N) is 1. The zero-order valence-electron chi connectivity index (χ0n) is 5.16. The molecule has 0 radical (unpaired) electrons. The molecular weight excluding hydrogens is 116 g/mol. The highest BCUT2D eigenvalue weighted by molar-refractivity contribution is 5.12. The fourth-order valence-corrected chi connectivity index (χ4v) is 0.627. The van der Waals surface area contributed by atoms with Gasteiger partial charge in [0.25, 0.3) is 0 Å². The lowest BCUT2D eigenvalue weighted by Crippen LogP contribution is -2.05. The quantitative estimate of drug-likeness (QED) is 0.532. The predicted molar refractivity (Wildman–Crippen MR) is 32.9 cm³/mol. The summed E-state index contributed by atoms with van der Waals surface area (Å²) >= 11 is 0. The normalized spacial score (nSPS) is 24.6. The van der Waals surface area contributed by atoms with Crippen molar-refractivity contribution in [3.05, 3.63) is 24.1 Å². The van der Waals surface area contributed by atoms with Crippen LogP contribution in [0, 0.1) is 5.53 Å². The van der Waals surface area contributed by atoms with Crippen molar-refractivity contribution >= 4 is 0 Å². The highest BCUT2D eigenvalue weighted by Crippen LogP contribution is 2.09. The second-order valence-electron chi connectivity index (χ2n) is 1.82. The van der Waals surface area contributed by atoms with Crippen LogP contribution in [0.25, 0.3) is 0 Å². The van der Waals surface area contributed by atoms with E-state index in [1.807, 2.05) is 19.1 Å². The largest absolute Gasteiger partial charge is 0.469 e. The number of allylic oxidation sites excluding steroid dienone is 2. The maximum absolute atomic E-state index is 6.58. The maximum Gasteiger partial charge on any atom is 0.233 e. The molecule has 0 bridgehead atoms. The molecule has 1 aliphatic rings. The fraction of sp³-hybridized carbons (Fsp3) is 0.333. The van der Waals surface area contributed by atoms with Crippen LogP contribution in [0.1, 0.15) is 6.92 Å². The Bertz CT molecular complexity index is 172.